The first-order valence-corrected chi connectivity index (χ1v) is 9.33. The number of aryl methyl sites for hydroxylation is 1. The molecule has 150 valence electrons. The van der Waals surface area contributed by atoms with E-state index >= 15 is 0 Å². The first-order valence-electron chi connectivity index (χ1n) is 9.33. The van der Waals surface area contributed by atoms with Gasteiger partial charge in [-0.05, 0) is 31.7 Å². The highest BCUT2D eigenvalue weighted by Gasteiger charge is 2.26. The van der Waals surface area contributed by atoms with E-state index in [1.54, 1.807) is 7.11 Å². The van der Waals surface area contributed by atoms with Crippen molar-refractivity contribution in [2.75, 3.05) is 53.1 Å². The molecule has 0 aromatic carbocycles. The minimum Gasteiger partial charge on any atom is -0.382 e. The van der Waals surface area contributed by atoms with Gasteiger partial charge in [0.05, 0.1) is 19.4 Å². The van der Waals surface area contributed by atoms with E-state index in [-0.39, 0.29) is 24.0 Å². The van der Waals surface area contributed by atoms with Gasteiger partial charge in [-0.1, -0.05) is 0 Å². The largest absolute Gasteiger partial charge is 0.382 e. The van der Waals surface area contributed by atoms with E-state index in [9.17, 15) is 0 Å². The van der Waals surface area contributed by atoms with Crippen molar-refractivity contribution < 1.29 is 9.47 Å². The summed E-state index contributed by atoms with van der Waals surface area (Å²) in [5, 5.41) is 7.72. The summed E-state index contributed by atoms with van der Waals surface area (Å²) in [7, 11) is 3.66. The van der Waals surface area contributed by atoms with Gasteiger partial charge >= 0.3 is 0 Å². The molecule has 0 aliphatic carbocycles. The van der Waals surface area contributed by atoms with Gasteiger partial charge in [0.25, 0.3) is 0 Å². The van der Waals surface area contributed by atoms with Crippen molar-refractivity contribution in [2.24, 2.45) is 12.0 Å². The van der Waals surface area contributed by atoms with Crippen LogP contribution >= 0.6 is 24.0 Å². The molecule has 1 N–H and O–H groups in total. The molecule has 7 nitrogen and oxygen atoms in total. The number of methoxy groups -OCH3 is 1. The Morgan fingerprint density at radius 2 is 2.19 bits per heavy atom. The molecule has 1 saturated heterocycles. The second-order valence-electron chi connectivity index (χ2n) is 6.43. The molecule has 1 aliphatic rings. The fourth-order valence-corrected chi connectivity index (χ4v) is 3.05. The van der Waals surface area contributed by atoms with Gasteiger partial charge in [0.2, 0.25) is 0 Å². The maximum atomic E-state index is 5.49. The number of aliphatic imine (C=N–C) groups is 1. The minimum absolute atomic E-state index is 0. The summed E-state index contributed by atoms with van der Waals surface area (Å²) in [6, 6.07) is 0. The van der Waals surface area contributed by atoms with Crippen LogP contribution < -0.4 is 5.32 Å². The molecule has 2 rings (SSSR count). The molecule has 26 heavy (non-hydrogen) atoms. The molecule has 0 saturated carbocycles. The van der Waals surface area contributed by atoms with Crippen molar-refractivity contribution in [3.63, 3.8) is 0 Å². The number of hydrogen-bond acceptors (Lipinski definition) is 4. The Morgan fingerprint density at radius 3 is 2.88 bits per heavy atom. The van der Waals surface area contributed by atoms with Crippen LogP contribution in [0.25, 0.3) is 0 Å². The third-order valence-corrected chi connectivity index (χ3v) is 4.41. The number of rotatable bonds is 10. The molecule has 1 unspecified atom stereocenters. The second kappa shape index (κ2) is 13.3. The van der Waals surface area contributed by atoms with Gasteiger partial charge in [-0.3, -0.25) is 9.67 Å². The molecule has 1 fully saturated rings. The summed E-state index contributed by atoms with van der Waals surface area (Å²) >= 11 is 0. The Morgan fingerprint density at radius 1 is 1.35 bits per heavy atom. The van der Waals surface area contributed by atoms with Gasteiger partial charge in [-0.2, -0.15) is 5.10 Å². The number of likely N-dealkylation sites (tertiary alicyclic amines) is 1. The SMILES string of the molecule is CCNC(=NCCCCOCCOC)N1CCC(c2cnn(C)c2)C1.I. The number of unbranched alkanes of at least 4 members (excludes halogenated alkanes) is 1. The highest BCUT2D eigenvalue weighted by Crippen LogP contribution is 2.26. The molecule has 1 aromatic heterocycles. The highest BCUT2D eigenvalue weighted by molar-refractivity contribution is 14.0. The summed E-state index contributed by atoms with van der Waals surface area (Å²) in [6.07, 6.45) is 7.35. The van der Waals surface area contributed by atoms with Gasteiger partial charge in [0.15, 0.2) is 5.96 Å². The third kappa shape index (κ3) is 7.79. The number of guanidine groups is 1. The van der Waals surface area contributed by atoms with Crippen LogP contribution in [0.15, 0.2) is 17.4 Å². The van der Waals surface area contributed by atoms with Crippen molar-refractivity contribution in [1.29, 1.82) is 0 Å². The smallest absolute Gasteiger partial charge is 0.193 e. The van der Waals surface area contributed by atoms with Gasteiger partial charge < -0.3 is 19.7 Å². The average molecular weight is 479 g/mol. The van der Waals surface area contributed by atoms with E-state index < -0.39 is 0 Å². The molecule has 0 amide bonds. The van der Waals surface area contributed by atoms with Crippen molar-refractivity contribution >= 4 is 29.9 Å². The summed E-state index contributed by atoms with van der Waals surface area (Å²) in [5.74, 6) is 1.58. The highest BCUT2D eigenvalue weighted by atomic mass is 127. The lowest BCUT2D eigenvalue weighted by Gasteiger charge is -2.21. The molecule has 0 spiro atoms. The summed E-state index contributed by atoms with van der Waals surface area (Å²) < 4.78 is 12.3. The molecule has 0 bridgehead atoms. The second-order valence-corrected chi connectivity index (χ2v) is 6.43. The Bertz CT molecular complexity index is 523. The van der Waals surface area contributed by atoms with E-state index in [1.165, 1.54) is 5.56 Å². The number of nitrogens with zero attached hydrogens (tertiary/aromatic N) is 4. The lowest BCUT2D eigenvalue weighted by Crippen LogP contribution is -2.40. The fraction of sp³-hybridized carbons (Fsp3) is 0.778. The van der Waals surface area contributed by atoms with Crippen LogP contribution in [0.1, 0.15) is 37.7 Å². The predicted octanol–water partition coefficient (Wildman–Crippen LogP) is 2.24. The molecular formula is C18H34IN5O2. The van der Waals surface area contributed by atoms with Crippen LogP contribution in [-0.2, 0) is 16.5 Å². The van der Waals surface area contributed by atoms with Gasteiger partial charge in [-0.25, -0.2) is 0 Å². The third-order valence-electron chi connectivity index (χ3n) is 4.41. The van der Waals surface area contributed by atoms with Crippen LogP contribution in [0.3, 0.4) is 0 Å². The molecule has 0 radical (unpaired) electrons. The summed E-state index contributed by atoms with van der Waals surface area (Å²) in [4.78, 5) is 7.16. The van der Waals surface area contributed by atoms with E-state index in [0.29, 0.717) is 19.1 Å². The summed E-state index contributed by atoms with van der Waals surface area (Å²) in [6.45, 7) is 8.03. The van der Waals surface area contributed by atoms with Crippen molar-refractivity contribution in [2.45, 2.75) is 32.1 Å². The Kier molecular flexibility index (Phi) is 11.9. The van der Waals surface area contributed by atoms with E-state index in [0.717, 1.165) is 58.0 Å². The zero-order valence-electron chi connectivity index (χ0n) is 16.3. The molecule has 1 aromatic rings. The minimum atomic E-state index is 0. The van der Waals surface area contributed by atoms with Gasteiger partial charge in [0, 0.05) is 59.1 Å². The van der Waals surface area contributed by atoms with Gasteiger partial charge in [-0.15, -0.1) is 24.0 Å². The molecule has 1 aliphatic heterocycles. The zero-order chi connectivity index (χ0) is 17.9. The zero-order valence-corrected chi connectivity index (χ0v) is 18.6. The maximum absolute atomic E-state index is 5.49. The number of ether oxygens (including phenoxy) is 2. The van der Waals surface area contributed by atoms with Crippen LogP contribution in [0.5, 0.6) is 0 Å². The molecular weight excluding hydrogens is 445 g/mol. The Labute approximate surface area is 174 Å². The van der Waals surface area contributed by atoms with Crippen molar-refractivity contribution in [3.05, 3.63) is 18.0 Å². The van der Waals surface area contributed by atoms with Crippen LogP contribution in [0.4, 0.5) is 0 Å². The van der Waals surface area contributed by atoms with E-state index in [4.69, 9.17) is 14.5 Å². The standard InChI is InChI=1S/C18H33N5O2.HI/c1-4-19-18(20-8-5-6-10-25-12-11-24-3)23-9-7-16(15-23)17-13-21-22(2)14-17;/h13-14,16H,4-12,15H2,1-3H3,(H,19,20);1H. The van der Waals surface area contributed by atoms with Crippen molar-refractivity contribution in [3.8, 4) is 0 Å². The number of aromatic nitrogens is 2. The first kappa shape index (κ1) is 23.2. The van der Waals surface area contributed by atoms with Gasteiger partial charge in [0.1, 0.15) is 0 Å². The predicted molar refractivity (Wildman–Crippen MR) is 115 cm³/mol. The Hall–Kier alpha value is -0.870. The molecule has 1 atom stereocenters. The number of halogens is 1. The van der Waals surface area contributed by atoms with Crippen LogP contribution in [0.2, 0.25) is 0 Å². The van der Waals surface area contributed by atoms with E-state index in [1.807, 2.05) is 17.9 Å². The summed E-state index contributed by atoms with van der Waals surface area (Å²) in [5.41, 5.74) is 1.33. The molecule has 2 heterocycles. The maximum Gasteiger partial charge on any atom is 0.193 e. The lowest BCUT2D eigenvalue weighted by molar-refractivity contribution is 0.0690. The molecule has 8 heteroatoms. The number of nitrogens with one attached hydrogen (secondary N) is 1. The number of hydrogen-bond donors (Lipinski definition) is 1. The first-order chi connectivity index (χ1) is 12.2. The Balaban J connectivity index is 0.00000338. The van der Waals surface area contributed by atoms with E-state index in [2.05, 4.69) is 28.4 Å². The van der Waals surface area contributed by atoms with Crippen LogP contribution in [-0.4, -0.2) is 73.7 Å². The monoisotopic (exact) mass is 479 g/mol. The topological polar surface area (TPSA) is 63.9 Å². The quantitative estimate of drug-likeness (QED) is 0.242. The van der Waals surface area contributed by atoms with Crippen LogP contribution in [0, 0.1) is 0 Å². The fourth-order valence-electron chi connectivity index (χ4n) is 3.05. The van der Waals surface area contributed by atoms with Crippen molar-refractivity contribution in [1.82, 2.24) is 20.0 Å². The average Bonchev–Trinajstić information content (AvgIpc) is 3.25. The lowest BCUT2D eigenvalue weighted by atomic mass is 10.0. The normalized spacial score (nSPS) is 17.4.